The Morgan fingerprint density at radius 1 is 1.86 bits per heavy atom. The van der Waals surface area contributed by atoms with Gasteiger partial charge in [-0.05, 0) is 6.92 Å². The standard InChI is InChI=1S/C4H6N2O/c1-4-5-2-3-6(4)7/h2-3,7H,1H3. The van der Waals surface area contributed by atoms with Crippen molar-refractivity contribution in [3.8, 4) is 0 Å². The molecule has 0 aliphatic rings. The van der Waals surface area contributed by atoms with Crippen LogP contribution in [0.1, 0.15) is 5.82 Å². The summed E-state index contributed by atoms with van der Waals surface area (Å²) >= 11 is 0. The molecule has 1 heterocycles. The van der Waals surface area contributed by atoms with Crippen LogP contribution in [0.4, 0.5) is 0 Å². The first-order valence-electron chi connectivity index (χ1n) is 2.00. The molecule has 0 unspecified atom stereocenters. The number of hydrogen-bond acceptors (Lipinski definition) is 2. The maximum Gasteiger partial charge on any atom is 0.141 e. The van der Waals surface area contributed by atoms with Crippen LogP contribution >= 0.6 is 0 Å². The Labute approximate surface area is 41.2 Å². The zero-order valence-electron chi connectivity index (χ0n) is 4.00. The second kappa shape index (κ2) is 1.26. The molecule has 3 heteroatoms. The van der Waals surface area contributed by atoms with Gasteiger partial charge in [0.1, 0.15) is 5.82 Å². The molecule has 0 saturated carbocycles. The summed E-state index contributed by atoms with van der Waals surface area (Å²) < 4.78 is 0.972. The van der Waals surface area contributed by atoms with E-state index < -0.39 is 0 Å². The lowest BCUT2D eigenvalue weighted by molar-refractivity contribution is 0.179. The van der Waals surface area contributed by atoms with Gasteiger partial charge in [-0.15, -0.1) is 0 Å². The van der Waals surface area contributed by atoms with Gasteiger partial charge in [-0.25, -0.2) is 4.98 Å². The summed E-state index contributed by atoms with van der Waals surface area (Å²) in [5.41, 5.74) is 0. The summed E-state index contributed by atoms with van der Waals surface area (Å²) in [7, 11) is 0. The number of rotatable bonds is 0. The lowest BCUT2D eigenvalue weighted by Gasteiger charge is -1.86. The third-order valence-electron chi connectivity index (χ3n) is 0.801. The molecule has 0 aliphatic carbocycles. The first-order valence-corrected chi connectivity index (χ1v) is 2.00. The predicted molar refractivity (Wildman–Crippen MR) is 24.1 cm³/mol. The van der Waals surface area contributed by atoms with Gasteiger partial charge in [0.15, 0.2) is 0 Å². The van der Waals surface area contributed by atoms with Gasteiger partial charge < -0.3 is 5.21 Å². The Hall–Kier alpha value is -0.990. The lowest BCUT2D eigenvalue weighted by Crippen LogP contribution is -1.89. The number of nitrogens with zero attached hydrogens (tertiary/aromatic N) is 2. The fourth-order valence-electron chi connectivity index (χ4n) is 0.371. The van der Waals surface area contributed by atoms with Crippen LogP contribution in [0.2, 0.25) is 0 Å². The summed E-state index contributed by atoms with van der Waals surface area (Å²) in [5.74, 6) is 0.611. The lowest BCUT2D eigenvalue weighted by atomic mass is 10.7. The Balaban J connectivity index is 3.12. The predicted octanol–water partition coefficient (Wildman–Crippen LogP) is 0.429. The zero-order chi connectivity index (χ0) is 5.28. The smallest absolute Gasteiger partial charge is 0.141 e. The van der Waals surface area contributed by atoms with Crippen molar-refractivity contribution in [3.05, 3.63) is 18.2 Å². The van der Waals surface area contributed by atoms with Crippen LogP contribution in [0.15, 0.2) is 12.4 Å². The molecule has 0 aliphatic heterocycles. The highest BCUT2D eigenvalue weighted by Gasteiger charge is 1.86. The summed E-state index contributed by atoms with van der Waals surface area (Å²) in [6.07, 6.45) is 3.02. The van der Waals surface area contributed by atoms with Gasteiger partial charge in [0.2, 0.25) is 0 Å². The molecule has 0 saturated heterocycles. The monoisotopic (exact) mass is 98.0 g/mol. The van der Waals surface area contributed by atoms with E-state index in [1.54, 1.807) is 6.92 Å². The number of hydrogen-bond donors (Lipinski definition) is 1. The van der Waals surface area contributed by atoms with Crippen molar-refractivity contribution in [3.63, 3.8) is 0 Å². The van der Waals surface area contributed by atoms with Crippen LogP contribution in [0.5, 0.6) is 0 Å². The third kappa shape index (κ3) is 0.559. The highest BCUT2D eigenvalue weighted by atomic mass is 16.5. The minimum absolute atomic E-state index is 0.611. The highest BCUT2D eigenvalue weighted by Crippen LogP contribution is 1.86. The summed E-state index contributed by atoms with van der Waals surface area (Å²) in [4.78, 5) is 3.73. The molecule has 0 spiro atoms. The Bertz CT molecular complexity index is 142. The summed E-state index contributed by atoms with van der Waals surface area (Å²) in [6, 6.07) is 0. The van der Waals surface area contributed by atoms with Gasteiger partial charge in [-0.3, -0.25) is 0 Å². The maximum absolute atomic E-state index is 8.61. The molecule has 0 atom stereocenters. The van der Waals surface area contributed by atoms with Crippen molar-refractivity contribution in [2.45, 2.75) is 6.92 Å². The van der Waals surface area contributed by atoms with Crippen molar-refractivity contribution < 1.29 is 5.21 Å². The number of imidazole rings is 1. The van der Waals surface area contributed by atoms with E-state index >= 15 is 0 Å². The molecule has 38 valence electrons. The van der Waals surface area contributed by atoms with Gasteiger partial charge in [0.05, 0.1) is 6.20 Å². The largest absolute Gasteiger partial charge is 0.427 e. The van der Waals surface area contributed by atoms with Crippen LogP contribution < -0.4 is 0 Å². The molecule has 1 N–H and O–H groups in total. The SMILES string of the molecule is Cc1nccn1O. The molecule has 1 aromatic heterocycles. The van der Waals surface area contributed by atoms with Crippen molar-refractivity contribution in [1.82, 2.24) is 9.71 Å². The van der Waals surface area contributed by atoms with Gasteiger partial charge in [-0.1, -0.05) is 0 Å². The molecule has 1 aromatic rings. The van der Waals surface area contributed by atoms with Crippen molar-refractivity contribution in [2.24, 2.45) is 0 Å². The van der Waals surface area contributed by atoms with Crippen LogP contribution in [0.25, 0.3) is 0 Å². The Kier molecular flexibility index (Phi) is 0.749. The van der Waals surface area contributed by atoms with E-state index in [1.807, 2.05) is 0 Å². The maximum atomic E-state index is 8.61. The van der Waals surface area contributed by atoms with Crippen LogP contribution in [0, 0.1) is 6.92 Å². The molecule has 3 nitrogen and oxygen atoms in total. The van der Waals surface area contributed by atoms with E-state index in [1.165, 1.54) is 12.4 Å². The van der Waals surface area contributed by atoms with E-state index in [-0.39, 0.29) is 0 Å². The average molecular weight is 98.1 g/mol. The summed E-state index contributed by atoms with van der Waals surface area (Å²) in [5, 5.41) is 8.61. The minimum Gasteiger partial charge on any atom is -0.427 e. The topological polar surface area (TPSA) is 38.0 Å². The van der Waals surface area contributed by atoms with E-state index in [0.29, 0.717) is 5.82 Å². The van der Waals surface area contributed by atoms with E-state index in [2.05, 4.69) is 4.98 Å². The quantitative estimate of drug-likeness (QED) is 0.478. The fourth-order valence-corrected chi connectivity index (χ4v) is 0.371. The van der Waals surface area contributed by atoms with E-state index in [9.17, 15) is 0 Å². The molecule has 0 bridgehead atoms. The highest BCUT2D eigenvalue weighted by molar-refractivity contribution is 4.83. The summed E-state index contributed by atoms with van der Waals surface area (Å²) in [6.45, 7) is 1.72. The Morgan fingerprint density at radius 3 is 2.71 bits per heavy atom. The van der Waals surface area contributed by atoms with E-state index in [4.69, 9.17) is 5.21 Å². The number of aromatic nitrogens is 2. The molecule has 1 rings (SSSR count). The van der Waals surface area contributed by atoms with Crippen LogP contribution in [-0.4, -0.2) is 14.9 Å². The van der Waals surface area contributed by atoms with Gasteiger partial charge in [-0.2, -0.15) is 4.73 Å². The van der Waals surface area contributed by atoms with Gasteiger partial charge >= 0.3 is 0 Å². The normalized spacial score (nSPS) is 9.29. The molecular weight excluding hydrogens is 92.1 g/mol. The first kappa shape index (κ1) is 4.18. The molecular formula is C4H6N2O. The van der Waals surface area contributed by atoms with Crippen molar-refractivity contribution >= 4 is 0 Å². The van der Waals surface area contributed by atoms with Crippen LogP contribution in [-0.2, 0) is 0 Å². The number of aryl methyl sites for hydroxylation is 1. The third-order valence-corrected chi connectivity index (χ3v) is 0.801. The minimum atomic E-state index is 0.611. The molecule has 0 aromatic carbocycles. The van der Waals surface area contributed by atoms with Gasteiger partial charge in [0.25, 0.3) is 0 Å². The van der Waals surface area contributed by atoms with Crippen molar-refractivity contribution in [2.75, 3.05) is 0 Å². The van der Waals surface area contributed by atoms with Crippen LogP contribution in [0.3, 0.4) is 0 Å². The molecule has 0 radical (unpaired) electrons. The fraction of sp³-hybridized carbons (Fsp3) is 0.250. The Morgan fingerprint density at radius 2 is 2.57 bits per heavy atom. The first-order chi connectivity index (χ1) is 3.30. The second-order valence-corrected chi connectivity index (χ2v) is 1.32. The molecule has 0 amide bonds. The molecule has 7 heavy (non-hydrogen) atoms. The van der Waals surface area contributed by atoms with E-state index in [0.717, 1.165) is 4.73 Å². The second-order valence-electron chi connectivity index (χ2n) is 1.32. The average Bonchev–Trinajstić information content (AvgIpc) is 1.91. The van der Waals surface area contributed by atoms with Gasteiger partial charge in [0, 0.05) is 6.20 Å². The molecule has 0 fully saturated rings. The zero-order valence-corrected chi connectivity index (χ0v) is 4.00. The van der Waals surface area contributed by atoms with Crippen molar-refractivity contribution in [1.29, 1.82) is 0 Å².